The van der Waals surface area contributed by atoms with Crippen molar-refractivity contribution in [2.75, 3.05) is 0 Å². The van der Waals surface area contributed by atoms with Gasteiger partial charge in [-0.15, -0.1) is 0 Å². The van der Waals surface area contributed by atoms with Gasteiger partial charge in [0.2, 0.25) is 0 Å². The zero-order chi connectivity index (χ0) is 9.84. The number of alkyl halides is 1. The van der Waals surface area contributed by atoms with E-state index < -0.39 is 6.17 Å². The van der Waals surface area contributed by atoms with Crippen LogP contribution in [0.3, 0.4) is 0 Å². The molecule has 0 saturated carbocycles. The SMILES string of the molecule is CC(N)CC(F)c1ccccc1Br. The minimum absolute atomic E-state index is 0.109. The highest BCUT2D eigenvalue weighted by atomic mass is 79.9. The molecule has 72 valence electrons. The van der Waals surface area contributed by atoms with Crippen molar-refractivity contribution in [2.45, 2.75) is 25.6 Å². The van der Waals surface area contributed by atoms with Crippen LogP contribution in [0.15, 0.2) is 28.7 Å². The third kappa shape index (κ3) is 3.08. The fourth-order valence-corrected chi connectivity index (χ4v) is 1.72. The summed E-state index contributed by atoms with van der Waals surface area (Å²) in [7, 11) is 0. The summed E-state index contributed by atoms with van der Waals surface area (Å²) in [6, 6.07) is 7.20. The molecule has 0 aliphatic rings. The molecular formula is C10H13BrFN. The number of rotatable bonds is 3. The Balaban J connectivity index is 2.76. The summed E-state index contributed by atoms with van der Waals surface area (Å²) in [5, 5.41) is 0. The number of halogens is 2. The number of nitrogens with two attached hydrogens (primary N) is 1. The summed E-state index contributed by atoms with van der Waals surface area (Å²) < 4.78 is 14.3. The van der Waals surface area contributed by atoms with E-state index in [0.717, 1.165) is 4.47 Å². The average molecular weight is 246 g/mol. The van der Waals surface area contributed by atoms with Crippen LogP contribution in [0.2, 0.25) is 0 Å². The number of hydrogen-bond donors (Lipinski definition) is 1. The molecule has 0 saturated heterocycles. The van der Waals surface area contributed by atoms with Crippen molar-refractivity contribution in [3.8, 4) is 0 Å². The summed E-state index contributed by atoms with van der Waals surface area (Å²) in [6.45, 7) is 1.81. The van der Waals surface area contributed by atoms with Crippen LogP contribution in [0.4, 0.5) is 4.39 Å². The highest BCUT2D eigenvalue weighted by molar-refractivity contribution is 9.10. The van der Waals surface area contributed by atoms with Crippen molar-refractivity contribution >= 4 is 15.9 Å². The third-order valence-corrected chi connectivity index (χ3v) is 2.54. The standard InChI is InChI=1S/C10H13BrFN/c1-7(13)6-10(12)8-4-2-3-5-9(8)11/h2-5,7,10H,6,13H2,1H3. The van der Waals surface area contributed by atoms with Crippen LogP contribution >= 0.6 is 15.9 Å². The van der Waals surface area contributed by atoms with Gasteiger partial charge in [0, 0.05) is 16.1 Å². The molecule has 1 nitrogen and oxygen atoms in total. The van der Waals surface area contributed by atoms with Crippen molar-refractivity contribution in [1.29, 1.82) is 0 Å². The van der Waals surface area contributed by atoms with E-state index in [0.29, 0.717) is 12.0 Å². The van der Waals surface area contributed by atoms with E-state index in [1.165, 1.54) is 0 Å². The van der Waals surface area contributed by atoms with E-state index in [1.807, 2.05) is 25.1 Å². The second kappa shape index (κ2) is 4.72. The van der Waals surface area contributed by atoms with Gasteiger partial charge in [-0.2, -0.15) is 0 Å². The summed E-state index contributed by atoms with van der Waals surface area (Å²) >= 11 is 3.31. The Kier molecular flexibility index (Phi) is 3.88. The maximum atomic E-state index is 13.5. The molecule has 1 rings (SSSR count). The Hall–Kier alpha value is -0.410. The summed E-state index contributed by atoms with van der Waals surface area (Å²) in [6.07, 6.45) is -0.613. The Morgan fingerprint density at radius 3 is 2.62 bits per heavy atom. The lowest BCUT2D eigenvalue weighted by Gasteiger charge is -2.12. The van der Waals surface area contributed by atoms with Crippen molar-refractivity contribution in [2.24, 2.45) is 5.73 Å². The van der Waals surface area contributed by atoms with E-state index in [1.54, 1.807) is 6.07 Å². The average Bonchev–Trinajstić information content (AvgIpc) is 2.03. The molecule has 2 atom stereocenters. The molecule has 1 aromatic carbocycles. The van der Waals surface area contributed by atoms with Gasteiger partial charge >= 0.3 is 0 Å². The molecule has 0 heterocycles. The molecule has 0 bridgehead atoms. The zero-order valence-corrected chi connectivity index (χ0v) is 9.09. The topological polar surface area (TPSA) is 26.0 Å². The lowest BCUT2D eigenvalue weighted by Crippen LogP contribution is -2.17. The Bertz CT molecular complexity index is 275. The smallest absolute Gasteiger partial charge is 0.128 e. The van der Waals surface area contributed by atoms with Crippen LogP contribution in [0.25, 0.3) is 0 Å². The predicted octanol–water partition coefficient (Wildman–Crippen LogP) is 3.20. The van der Waals surface area contributed by atoms with Crippen LogP contribution in [0.5, 0.6) is 0 Å². The second-order valence-corrected chi connectivity index (χ2v) is 4.06. The number of hydrogen-bond acceptors (Lipinski definition) is 1. The molecule has 0 aliphatic heterocycles. The van der Waals surface area contributed by atoms with Crippen LogP contribution in [0, 0.1) is 0 Å². The predicted molar refractivity (Wildman–Crippen MR) is 56.3 cm³/mol. The van der Waals surface area contributed by atoms with Crippen LogP contribution < -0.4 is 5.73 Å². The molecule has 2 N–H and O–H groups in total. The monoisotopic (exact) mass is 245 g/mol. The molecule has 3 heteroatoms. The Labute approximate surface area is 86.3 Å². The fraction of sp³-hybridized carbons (Fsp3) is 0.400. The normalized spacial score (nSPS) is 15.4. The summed E-state index contributed by atoms with van der Waals surface area (Å²) in [5.74, 6) is 0. The quantitative estimate of drug-likeness (QED) is 0.870. The fourth-order valence-electron chi connectivity index (χ4n) is 1.18. The maximum Gasteiger partial charge on any atom is 0.128 e. The first-order chi connectivity index (χ1) is 6.11. The first-order valence-electron chi connectivity index (χ1n) is 4.25. The molecule has 0 radical (unpaired) electrons. The molecule has 0 amide bonds. The van der Waals surface area contributed by atoms with Crippen molar-refractivity contribution in [3.05, 3.63) is 34.3 Å². The molecule has 0 aromatic heterocycles. The van der Waals surface area contributed by atoms with E-state index in [4.69, 9.17) is 5.73 Å². The zero-order valence-electron chi connectivity index (χ0n) is 7.50. The molecule has 0 fully saturated rings. The molecule has 0 aliphatic carbocycles. The Morgan fingerprint density at radius 1 is 1.46 bits per heavy atom. The minimum atomic E-state index is -0.976. The van der Waals surface area contributed by atoms with Gasteiger partial charge in [-0.25, -0.2) is 4.39 Å². The van der Waals surface area contributed by atoms with Gasteiger partial charge in [-0.05, 0) is 19.4 Å². The van der Waals surface area contributed by atoms with Crippen LogP contribution in [-0.4, -0.2) is 6.04 Å². The van der Waals surface area contributed by atoms with Gasteiger partial charge in [0.1, 0.15) is 6.17 Å². The first-order valence-corrected chi connectivity index (χ1v) is 5.04. The largest absolute Gasteiger partial charge is 0.328 e. The Morgan fingerprint density at radius 2 is 2.08 bits per heavy atom. The maximum absolute atomic E-state index is 13.5. The highest BCUT2D eigenvalue weighted by Crippen LogP contribution is 2.28. The third-order valence-electron chi connectivity index (χ3n) is 1.82. The van der Waals surface area contributed by atoms with Gasteiger partial charge in [0.15, 0.2) is 0 Å². The van der Waals surface area contributed by atoms with E-state index >= 15 is 0 Å². The van der Waals surface area contributed by atoms with Crippen LogP contribution in [0.1, 0.15) is 25.1 Å². The lowest BCUT2D eigenvalue weighted by atomic mass is 10.0. The van der Waals surface area contributed by atoms with Gasteiger partial charge in [0.25, 0.3) is 0 Å². The molecule has 2 unspecified atom stereocenters. The summed E-state index contributed by atoms with van der Waals surface area (Å²) in [5.41, 5.74) is 6.21. The van der Waals surface area contributed by atoms with E-state index in [-0.39, 0.29) is 6.04 Å². The highest BCUT2D eigenvalue weighted by Gasteiger charge is 2.13. The molecular weight excluding hydrogens is 233 g/mol. The molecule has 0 spiro atoms. The van der Waals surface area contributed by atoms with Gasteiger partial charge in [-0.1, -0.05) is 34.1 Å². The van der Waals surface area contributed by atoms with E-state index in [9.17, 15) is 4.39 Å². The molecule has 13 heavy (non-hydrogen) atoms. The first kappa shape index (κ1) is 10.7. The van der Waals surface area contributed by atoms with E-state index in [2.05, 4.69) is 15.9 Å². The van der Waals surface area contributed by atoms with Crippen molar-refractivity contribution in [3.63, 3.8) is 0 Å². The molecule has 1 aromatic rings. The minimum Gasteiger partial charge on any atom is -0.328 e. The van der Waals surface area contributed by atoms with Gasteiger partial charge < -0.3 is 5.73 Å². The number of benzene rings is 1. The van der Waals surface area contributed by atoms with Gasteiger partial charge in [0.05, 0.1) is 0 Å². The van der Waals surface area contributed by atoms with Crippen LogP contribution in [-0.2, 0) is 0 Å². The summed E-state index contributed by atoms with van der Waals surface area (Å²) in [4.78, 5) is 0. The second-order valence-electron chi connectivity index (χ2n) is 3.20. The van der Waals surface area contributed by atoms with Crippen molar-refractivity contribution in [1.82, 2.24) is 0 Å². The van der Waals surface area contributed by atoms with Gasteiger partial charge in [-0.3, -0.25) is 0 Å². The van der Waals surface area contributed by atoms with Crippen molar-refractivity contribution < 1.29 is 4.39 Å². The lowest BCUT2D eigenvalue weighted by molar-refractivity contribution is 0.306.